The minimum absolute atomic E-state index is 0.326. The number of nitrogen functional groups attached to an aromatic ring is 1. The number of nitrogens with two attached hydrogens (primary N) is 1. The SMILES string of the molecule is Cc1nnc(CNc2ncc(OCC3CC3c3cc(C)c(C)cn3)c(N)n2)s1. The number of aryl methyl sites for hydroxylation is 3. The zero-order valence-corrected chi connectivity index (χ0v) is 17.0. The lowest BCUT2D eigenvalue weighted by molar-refractivity contribution is 0.296. The molecule has 0 spiro atoms. The minimum Gasteiger partial charge on any atom is -0.488 e. The summed E-state index contributed by atoms with van der Waals surface area (Å²) in [5.74, 6) is 2.19. The highest BCUT2D eigenvalue weighted by atomic mass is 32.1. The van der Waals surface area contributed by atoms with E-state index < -0.39 is 0 Å². The Hall–Kier alpha value is -2.81. The quantitative estimate of drug-likeness (QED) is 0.626. The second-order valence-corrected chi connectivity index (χ2v) is 8.38. The van der Waals surface area contributed by atoms with Gasteiger partial charge in [-0.25, -0.2) is 4.98 Å². The van der Waals surface area contributed by atoms with Crippen molar-refractivity contribution in [2.45, 2.75) is 39.7 Å². The van der Waals surface area contributed by atoms with E-state index in [9.17, 15) is 0 Å². The Labute approximate surface area is 167 Å². The van der Waals surface area contributed by atoms with Gasteiger partial charge in [0.1, 0.15) is 10.0 Å². The summed E-state index contributed by atoms with van der Waals surface area (Å²) in [5, 5.41) is 12.9. The number of rotatable bonds is 7. The Morgan fingerprint density at radius 2 is 2.04 bits per heavy atom. The van der Waals surface area contributed by atoms with Crippen LogP contribution in [0.15, 0.2) is 18.5 Å². The van der Waals surface area contributed by atoms with Gasteiger partial charge in [0.15, 0.2) is 11.6 Å². The molecule has 3 aromatic heterocycles. The zero-order chi connectivity index (χ0) is 19.7. The van der Waals surface area contributed by atoms with E-state index >= 15 is 0 Å². The third-order valence-corrected chi connectivity index (χ3v) is 5.74. The van der Waals surface area contributed by atoms with E-state index in [2.05, 4.69) is 50.4 Å². The van der Waals surface area contributed by atoms with E-state index in [-0.39, 0.29) is 0 Å². The summed E-state index contributed by atoms with van der Waals surface area (Å²) < 4.78 is 5.86. The fourth-order valence-electron chi connectivity index (χ4n) is 2.98. The van der Waals surface area contributed by atoms with Gasteiger partial charge in [-0.15, -0.1) is 10.2 Å². The maximum absolute atomic E-state index is 6.03. The van der Waals surface area contributed by atoms with Crippen LogP contribution in [-0.2, 0) is 6.54 Å². The molecule has 0 saturated heterocycles. The molecule has 3 heterocycles. The van der Waals surface area contributed by atoms with Crippen LogP contribution in [0, 0.1) is 26.7 Å². The van der Waals surface area contributed by atoms with Crippen molar-refractivity contribution in [2.75, 3.05) is 17.7 Å². The molecule has 0 bridgehead atoms. The highest BCUT2D eigenvalue weighted by Gasteiger charge is 2.40. The summed E-state index contributed by atoms with van der Waals surface area (Å²) in [6.07, 6.45) is 4.64. The van der Waals surface area contributed by atoms with Crippen LogP contribution in [0.3, 0.4) is 0 Å². The first-order chi connectivity index (χ1) is 13.5. The van der Waals surface area contributed by atoms with Crippen molar-refractivity contribution in [3.05, 3.63) is 45.3 Å². The first-order valence-corrected chi connectivity index (χ1v) is 10.0. The van der Waals surface area contributed by atoms with Gasteiger partial charge in [0.05, 0.1) is 19.3 Å². The zero-order valence-electron chi connectivity index (χ0n) is 16.1. The minimum atomic E-state index is 0.326. The van der Waals surface area contributed by atoms with Crippen LogP contribution >= 0.6 is 11.3 Å². The van der Waals surface area contributed by atoms with E-state index in [0.29, 0.717) is 42.5 Å². The Morgan fingerprint density at radius 1 is 1.18 bits per heavy atom. The first-order valence-electron chi connectivity index (χ1n) is 9.21. The van der Waals surface area contributed by atoms with Gasteiger partial charge in [-0.3, -0.25) is 4.98 Å². The number of aromatic nitrogens is 5. The second-order valence-electron chi connectivity index (χ2n) is 7.12. The topological polar surface area (TPSA) is 112 Å². The number of anilines is 2. The molecule has 1 fully saturated rings. The number of ether oxygens (including phenoxy) is 1. The van der Waals surface area contributed by atoms with Gasteiger partial charge in [-0.05, 0) is 44.4 Å². The lowest BCUT2D eigenvalue weighted by Crippen LogP contribution is -2.08. The predicted octanol–water partition coefficient (Wildman–Crippen LogP) is 3.03. The first kappa shape index (κ1) is 18.5. The van der Waals surface area contributed by atoms with E-state index in [1.54, 1.807) is 6.20 Å². The van der Waals surface area contributed by atoms with Gasteiger partial charge in [0.2, 0.25) is 5.95 Å². The van der Waals surface area contributed by atoms with Crippen molar-refractivity contribution in [1.29, 1.82) is 0 Å². The molecule has 0 aliphatic heterocycles. The number of hydrogen-bond acceptors (Lipinski definition) is 9. The molecule has 1 aliphatic rings. The van der Waals surface area contributed by atoms with Crippen LogP contribution in [0.2, 0.25) is 0 Å². The van der Waals surface area contributed by atoms with E-state index in [4.69, 9.17) is 10.5 Å². The summed E-state index contributed by atoms with van der Waals surface area (Å²) in [6.45, 7) is 7.22. The molecule has 9 heteroatoms. The highest BCUT2D eigenvalue weighted by molar-refractivity contribution is 7.11. The summed E-state index contributed by atoms with van der Waals surface area (Å²) in [5.41, 5.74) is 9.67. The smallest absolute Gasteiger partial charge is 0.225 e. The molecule has 28 heavy (non-hydrogen) atoms. The molecule has 8 nitrogen and oxygen atoms in total. The van der Waals surface area contributed by atoms with Gasteiger partial charge in [-0.2, -0.15) is 4.98 Å². The fourth-order valence-corrected chi connectivity index (χ4v) is 3.63. The van der Waals surface area contributed by atoms with Gasteiger partial charge in [-0.1, -0.05) is 11.3 Å². The molecule has 1 aliphatic carbocycles. The molecular formula is C19H23N7OS. The number of hydrogen-bond donors (Lipinski definition) is 2. The average Bonchev–Trinajstić information content (AvgIpc) is 3.33. The maximum atomic E-state index is 6.03. The van der Waals surface area contributed by atoms with Crippen LogP contribution in [-0.4, -0.2) is 31.8 Å². The molecule has 0 aromatic carbocycles. The van der Waals surface area contributed by atoms with Crippen molar-refractivity contribution < 1.29 is 4.74 Å². The van der Waals surface area contributed by atoms with Crippen molar-refractivity contribution in [2.24, 2.45) is 5.92 Å². The van der Waals surface area contributed by atoms with Crippen LogP contribution in [0.1, 0.15) is 39.2 Å². The Bertz CT molecular complexity index is 990. The molecule has 0 radical (unpaired) electrons. The van der Waals surface area contributed by atoms with E-state index in [0.717, 1.165) is 22.1 Å². The van der Waals surface area contributed by atoms with E-state index in [1.807, 2.05) is 13.1 Å². The Balaban J connectivity index is 1.30. The molecule has 0 amide bonds. The number of pyridine rings is 1. The predicted molar refractivity (Wildman–Crippen MR) is 108 cm³/mol. The van der Waals surface area contributed by atoms with Gasteiger partial charge in [0, 0.05) is 23.7 Å². The molecule has 1 saturated carbocycles. The van der Waals surface area contributed by atoms with Crippen molar-refractivity contribution in [3.63, 3.8) is 0 Å². The summed E-state index contributed by atoms with van der Waals surface area (Å²) in [6, 6.07) is 2.18. The Kier molecular flexibility index (Phi) is 5.08. The standard InChI is InChI=1S/C19H23N7OS/c1-10-4-15(21-6-11(10)2)14-5-13(14)9-27-16-7-22-19(24-18(16)20)23-8-17-26-25-12(3)28-17/h4,6-7,13-14H,5,8-9H2,1-3H3,(H3,20,22,23,24). The van der Waals surface area contributed by atoms with Crippen molar-refractivity contribution >= 4 is 23.1 Å². The van der Waals surface area contributed by atoms with Crippen molar-refractivity contribution in [1.82, 2.24) is 25.1 Å². The highest BCUT2D eigenvalue weighted by Crippen LogP contribution is 2.47. The summed E-state index contributed by atoms with van der Waals surface area (Å²) in [7, 11) is 0. The van der Waals surface area contributed by atoms with Gasteiger partial charge >= 0.3 is 0 Å². The van der Waals surface area contributed by atoms with Gasteiger partial charge < -0.3 is 15.8 Å². The molecule has 3 N–H and O–H groups in total. The fraction of sp³-hybridized carbons (Fsp3) is 0.421. The lowest BCUT2D eigenvalue weighted by Gasteiger charge is -2.09. The molecule has 2 atom stereocenters. The van der Waals surface area contributed by atoms with Crippen LogP contribution in [0.4, 0.5) is 11.8 Å². The summed E-state index contributed by atoms with van der Waals surface area (Å²) in [4.78, 5) is 13.1. The lowest BCUT2D eigenvalue weighted by atomic mass is 10.1. The molecule has 3 aromatic rings. The maximum Gasteiger partial charge on any atom is 0.225 e. The van der Waals surface area contributed by atoms with Gasteiger partial charge in [0.25, 0.3) is 0 Å². The molecule has 146 valence electrons. The van der Waals surface area contributed by atoms with Crippen LogP contribution in [0.25, 0.3) is 0 Å². The third kappa shape index (κ3) is 4.19. The average molecular weight is 398 g/mol. The number of nitrogens with zero attached hydrogens (tertiary/aromatic N) is 5. The number of nitrogens with one attached hydrogen (secondary N) is 1. The second kappa shape index (κ2) is 7.67. The molecular weight excluding hydrogens is 374 g/mol. The Morgan fingerprint density at radius 3 is 2.75 bits per heavy atom. The molecule has 2 unspecified atom stereocenters. The monoisotopic (exact) mass is 397 g/mol. The summed E-state index contributed by atoms with van der Waals surface area (Å²) >= 11 is 1.53. The third-order valence-electron chi connectivity index (χ3n) is 4.90. The van der Waals surface area contributed by atoms with Crippen molar-refractivity contribution in [3.8, 4) is 5.75 Å². The normalized spacial score (nSPS) is 18.1. The largest absolute Gasteiger partial charge is 0.488 e. The van der Waals surface area contributed by atoms with Crippen LogP contribution < -0.4 is 15.8 Å². The van der Waals surface area contributed by atoms with E-state index in [1.165, 1.54) is 22.5 Å². The van der Waals surface area contributed by atoms with Crippen LogP contribution in [0.5, 0.6) is 5.75 Å². The molecule has 4 rings (SSSR count).